The third kappa shape index (κ3) is 2.05. The lowest BCUT2D eigenvalue weighted by Crippen LogP contribution is -2.07. The van der Waals surface area contributed by atoms with Gasteiger partial charge in [0.15, 0.2) is 0 Å². The smallest absolute Gasteiger partial charge is 0.0994 e. The number of pyridine rings is 1. The van der Waals surface area contributed by atoms with E-state index in [2.05, 4.69) is 9.97 Å². The molecule has 2 N–H and O–H groups in total. The zero-order valence-electron chi connectivity index (χ0n) is 8.72. The van der Waals surface area contributed by atoms with Crippen LogP contribution in [0.15, 0.2) is 30.9 Å². The van der Waals surface area contributed by atoms with Crippen LogP contribution in [0.25, 0.3) is 5.69 Å². The molecular weight excluding hydrogens is 188 g/mol. The van der Waals surface area contributed by atoms with Crippen molar-refractivity contribution in [3.8, 4) is 5.69 Å². The molecule has 78 valence electrons. The fraction of sp³-hybridized carbons (Fsp3) is 0.273. The molecule has 0 aliphatic carbocycles. The fourth-order valence-electron chi connectivity index (χ4n) is 1.49. The minimum atomic E-state index is 0.630. The first-order valence-electron chi connectivity index (χ1n) is 4.95. The molecule has 2 rings (SSSR count). The molecule has 0 atom stereocenters. The number of rotatable bonds is 3. The highest BCUT2D eigenvalue weighted by molar-refractivity contribution is 5.31. The van der Waals surface area contributed by atoms with E-state index in [1.165, 1.54) is 0 Å². The van der Waals surface area contributed by atoms with Gasteiger partial charge in [-0.15, -0.1) is 0 Å². The van der Waals surface area contributed by atoms with E-state index in [0.717, 1.165) is 23.5 Å². The minimum absolute atomic E-state index is 0.630. The summed E-state index contributed by atoms with van der Waals surface area (Å²) in [7, 11) is 0. The lowest BCUT2D eigenvalue weighted by molar-refractivity contribution is 0.869. The van der Waals surface area contributed by atoms with Crippen LogP contribution in [0, 0.1) is 6.92 Å². The Hall–Kier alpha value is -1.68. The van der Waals surface area contributed by atoms with Gasteiger partial charge >= 0.3 is 0 Å². The van der Waals surface area contributed by atoms with Crippen molar-refractivity contribution < 1.29 is 0 Å². The van der Waals surface area contributed by atoms with E-state index in [9.17, 15) is 0 Å². The normalized spacial score (nSPS) is 10.5. The third-order valence-electron chi connectivity index (χ3n) is 2.29. The summed E-state index contributed by atoms with van der Waals surface area (Å²) in [6, 6.07) is 4.02. The molecule has 0 unspecified atom stereocenters. The van der Waals surface area contributed by atoms with E-state index >= 15 is 0 Å². The highest BCUT2D eigenvalue weighted by atomic mass is 15.1. The SMILES string of the molecule is Cc1ccc(-n2cncc2CCN)cn1. The second-order valence-corrected chi connectivity index (χ2v) is 3.45. The van der Waals surface area contributed by atoms with Crippen molar-refractivity contribution in [3.63, 3.8) is 0 Å². The van der Waals surface area contributed by atoms with E-state index in [-0.39, 0.29) is 0 Å². The maximum atomic E-state index is 5.53. The van der Waals surface area contributed by atoms with Crippen LogP contribution in [0.2, 0.25) is 0 Å². The van der Waals surface area contributed by atoms with Crippen LogP contribution in [-0.2, 0) is 6.42 Å². The molecule has 0 amide bonds. The van der Waals surface area contributed by atoms with Crippen LogP contribution in [0.4, 0.5) is 0 Å². The second-order valence-electron chi connectivity index (χ2n) is 3.45. The summed E-state index contributed by atoms with van der Waals surface area (Å²) in [5.41, 5.74) is 8.69. The van der Waals surface area contributed by atoms with Crippen molar-refractivity contribution in [3.05, 3.63) is 42.2 Å². The van der Waals surface area contributed by atoms with Gasteiger partial charge in [0.05, 0.1) is 18.2 Å². The first kappa shape index (κ1) is 9.86. The summed E-state index contributed by atoms with van der Waals surface area (Å²) in [6.07, 6.45) is 6.30. The van der Waals surface area contributed by atoms with Gasteiger partial charge in [-0.1, -0.05) is 0 Å². The molecule has 4 nitrogen and oxygen atoms in total. The summed E-state index contributed by atoms with van der Waals surface area (Å²) in [6.45, 7) is 2.60. The standard InChI is InChI=1S/C11H14N4/c1-9-2-3-10(7-14-9)15-8-13-6-11(15)4-5-12/h2-3,6-8H,4-5,12H2,1H3. The summed E-state index contributed by atoms with van der Waals surface area (Å²) < 4.78 is 2.01. The van der Waals surface area contributed by atoms with Crippen LogP contribution in [-0.4, -0.2) is 21.1 Å². The zero-order chi connectivity index (χ0) is 10.7. The van der Waals surface area contributed by atoms with Crippen molar-refractivity contribution in [1.29, 1.82) is 0 Å². The van der Waals surface area contributed by atoms with Crippen molar-refractivity contribution >= 4 is 0 Å². The molecule has 0 radical (unpaired) electrons. The minimum Gasteiger partial charge on any atom is -0.330 e. The van der Waals surface area contributed by atoms with Gasteiger partial charge in [-0.05, 0) is 25.6 Å². The van der Waals surface area contributed by atoms with Crippen molar-refractivity contribution in [2.24, 2.45) is 5.73 Å². The summed E-state index contributed by atoms with van der Waals surface area (Å²) >= 11 is 0. The zero-order valence-corrected chi connectivity index (χ0v) is 8.72. The maximum Gasteiger partial charge on any atom is 0.0994 e. The molecule has 0 aliphatic heterocycles. The van der Waals surface area contributed by atoms with E-state index in [0.29, 0.717) is 6.54 Å². The summed E-state index contributed by atoms with van der Waals surface area (Å²) in [5, 5.41) is 0. The van der Waals surface area contributed by atoms with E-state index in [1.807, 2.05) is 36.0 Å². The Kier molecular flexibility index (Phi) is 2.78. The monoisotopic (exact) mass is 202 g/mol. The molecule has 4 heteroatoms. The highest BCUT2D eigenvalue weighted by Crippen LogP contribution is 2.10. The first-order chi connectivity index (χ1) is 7.31. The van der Waals surface area contributed by atoms with Crippen molar-refractivity contribution in [2.45, 2.75) is 13.3 Å². The van der Waals surface area contributed by atoms with E-state index < -0.39 is 0 Å². The number of hydrogen-bond donors (Lipinski definition) is 1. The van der Waals surface area contributed by atoms with Gasteiger partial charge in [0.2, 0.25) is 0 Å². The topological polar surface area (TPSA) is 56.7 Å². The number of nitrogens with two attached hydrogens (primary N) is 1. The van der Waals surface area contributed by atoms with Crippen molar-refractivity contribution in [1.82, 2.24) is 14.5 Å². The number of aromatic nitrogens is 3. The Morgan fingerprint density at radius 1 is 1.33 bits per heavy atom. The number of aryl methyl sites for hydroxylation is 1. The lowest BCUT2D eigenvalue weighted by atomic mass is 10.3. The molecule has 2 heterocycles. The molecule has 0 aromatic carbocycles. The number of nitrogens with zero attached hydrogens (tertiary/aromatic N) is 3. The third-order valence-corrected chi connectivity index (χ3v) is 2.29. The number of imidazole rings is 1. The quantitative estimate of drug-likeness (QED) is 0.810. The van der Waals surface area contributed by atoms with Crippen LogP contribution < -0.4 is 5.73 Å². The Morgan fingerprint density at radius 3 is 2.87 bits per heavy atom. The molecule has 0 saturated carbocycles. The number of hydrogen-bond acceptors (Lipinski definition) is 3. The average Bonchev–Trinajstić information content (AvgIpc) is 2.68. The molecule has 0 fully saturated rings. The predicted octanol–water partition coefficient (Wildman–Crippen LogP) is 1.08. The van der Waals surface area contributed by atoms with Gasteiger partial charge in [-0.25, -0.2) is 4.98 Å². The van der Waals surface area contributed by atoms with Gasteiger partial charge in [0.25, 0.3) is 0 Å². The lowest BCUT2D eigenvalue weighted by Gasteiger charge is -2.06. The molecule has 2 aromatic heterocycles. The largest absolute Gasteiger partial charge is 0.330 e. The van der Waals surface area contributed by atoms with Gasteiger partial charge in [-0.2, -0.15) is 0 Å². The molecule has 0 bridgehead atoms. The maximum absolute atomic E-state index is 5.53. The van der Waals surface area contributed by atoms with Crippen LogP contribution >= 0.6 is 0 Å². The Morgan fingerprint density at radius 2 is 2.20 bits per heavy atom. The fourth-order valence-corrected chi connectivity index (χ4v) is 1.49. The highest BCUT2D eigenvalue weighted by Gasteiger charge is 2.03. The second kappa shape index (κ2) is 4.23. The molecule has 0 saturated heterocycles. The molecule has 15 heavy (non-hydrogen) atoms. The summed E-state index contributed by atoms with van der Waals surface area (Å²) in [5.74, 6) is 0. The molecule has 2 aromatic rings. The Labute approximate surface area is 88.8 Å². The van der Waals surface area contributed by atoms with Crippen molar-refractivity contribution in [2.75, 3.05) is 6.54 Å². The summed E-state index contributed by atoms with van der Waals surface area (Å²) in [4.78, 5) is 8.38. The van der Waals surface area contributed by atoms with E-state index in [1.54, 1.807) is 6.33 Å². The van der Waals surface area contributed by atoms with Crippen LogP contribution in [0.5, 0.6) is 0 Å². The van der Waals surface area contributed by atoms with Crippen LogP contribution in [0.3, 0.4) is 0 Å². The average molecular weight is 202 g/mol. The van der Waals surface area contributed by atoms with Crippen LogP contribution in [0.1, 0.15) is 11.4 Å². The molecule has 0 aliphatic rings. The van der Waals surface area contributed by atoms with Gasteiger partial charge in [-0.3, -0.25) is 4.98 Å². The Bertz CT molecular complexity index is 430. The van der Waals surface area contributed by atoms with Gasteiger partial charge < -0.3 is 10.3 Å². The first-order valence-corrected chi connectivity index (χ1v) is 4.95. The molecule has 0 spiro atoms. The predicted molar refractivity (Wildman–Crippen MR) is 58.9 cm³/mol. The molecular formula is C11H14N4. The van der Waals surface area contributed by atoms with Gasteiger partial charge in [0.1, 0.15) is 0 Å². The van der Waals surface area contributed by atoms with Gasteiger partial charge in [0, 0.05) is 24.0 Å². The van der Waals surface area contributed by atoms with E-state index in [4.69, 9.17) is 5.73 Å². The Balaban J connectivity index is 2.36.